The van der Waals surface area contributed by atoms with Crippen LogP contribution in [0.3, 0.4) is 0 Å². The van der Waals surface area contributed by atoms with Gasteiger partial charge in [0.15, 0.2) is 0 Å². The van der Waals surface area contributed by atoms with Gasteiger partial charge < -0.3 is 5.32 Å². The number of anilines is 2. The molecule has 0 saturated carbocycles. The van der Waals surface area contributed by atoms with Gasteiger partial charge in [-0.25, -0.2) is 4.98 Å². The van der Waals surface area contributed by atoms with Gasteiger partial charge in [0.1, 0.15) is 5.82 Å². The Morgan fingerprint density at radius 3 is 2.70 bits per heavy atom. The standard InChI is InChI=1S/C20H22N4O2S/c1-24(2)27(25,26)23-16-9-11-18-15(13-16)8-12-20(21-18)22-19-10-7-14-5-3-4-6-17(14)19/h3-6,8-9,11-13,19,23H,7,10H2,1-2H3,(H,21,22)/t19-/m1/s1. The van der Waals surface area contributed by atoms with Crippen LogP contribution in [-0.4, -0.2) is 31.8 Å². The van der Waals surface area contributed by atoms with Gasteiger partial charge in [0.25, 0.3) is 0 Å². The molecule has 27 heavy (non-hydrogen) atoms. The Morgan fingerprint density at radius 2 is 1.89 bits per heavy atom. The summed E-state index contributed by atoms with van der Waals surface area (Å²) in [6.45, 7) is 0. The van der Waals surface area contributed by atoms with Crippen LogP contribution in [0.1, 0.15) is 23.6 Å². The predicted molar refractivity (Wildman–Crippen MR) is 109 cm³/mol. The number of aryl methyl sites for hydroxylation is 1. The van der Waals surface area contributed by atoms with Crippen molar-refractivity contribution < 1.29 is 8.42 Å². The zero-order chi connectivity index (χ0) is 19.0. The summed E-state index contributed by atoms with van der Waals surface area (Å²) in [5, 5.41) is 4.41. The maximum atomic E-state index is 12.0. The van der Waals surface area contributed by atoms with Crippen molar-refractivity contribution in [3.63, 3.8) is 0 Å². The van der Waals surface area contributed by atoms with Crippen LogP contribution in [0.2, 0.25) is 0 Å². The monoisotopic (exact) mass is 382 g/mol. The van der Waals surface area contributed by atoms with Crippen LogP contribution in [0.25, 0.3) is 10.9 Å². The molecule has 1 aromatic heterocycles. The van der Waals surface area contributed by atoms with E-state index in [9.17, 15) is 8.42 Å². The van der Waals surface area contributed by atoms with Gasteiger partial charge in [0.2, 0.25) is 0 Å². The molecule has 1 atom stereocenters. The number of rotatable bonds is 5. The van der Waals surface area contributed by atoms with Gasteiger partial charge in [-0.15, -0.1) is 0 Å². The minimum atomic E-state index is -3.52. The Balaban J connectivity index is 1.56. The lowest BCUT2D eigenvalue weighted by atomic mass is 10.1. The third-order valence-corrected chi connectivity index (χ3v) is 6.33. The fourth-order valence-corrected chi connectivity index (χ4v) is 4.00. The first-order chi connectivity index (χ1) is 12.9. The molecule has 7 heteroatoms. The summed E-state index contributed by atoms with van der Waals surface area (Å²) in [4.78, 5) is 4.69. The number of pyridine rings is 1. The maximum Gasteiger partial charge on any atom is 0.301 e. The number of hydrogen-bond donors (Lipinski definition) is 2. The molecule has 0 unspecified atom stereocenters. The lowest BCUT2D eigenvalue weighted by Crippen LogP contribution is -2.28. The fraction of sp³-hybridized carbons (Fsp3) is 0.250. The minimum Gasteiger partial charge on any atom is -0.363 e. The van der Waals surface area contributed by atoms with Crippen molar-refractivity contribution in [3.05, 3.63) is 65.7 Å². The van der Waals surface area contributed by atoms with Crippen LogP contribution in [0, 0.1) is 0 Å². The Bertz CT molecular complexity index is 1100. The molecule has 2 N–H and O–H groups in total. The normalized spacial score (nSPS) is 16.5. The van der Waals surface area contributed by atoms with Crippen molar-refractivity contribution in [1.82, 2.24) is 9.29 Å². The lowest BCUT2D eigenvalue weighted by molar-refractivity contribution is 0.527. The van der Waals surface area contributed by atoms with Gasteiger partial charge in [-0.1, -0.05) is 24.3 Å². The summed E-state index contributed by atoms with van der Waals surface area (Å²) in [6, 6.07) is 18.0. The van der Waals surface area contributed by atoms with Crippen LogP contribution in [0.4, 0.5) is 11.5 Å². The number of nitrogens with zero attached hydrogens (tertiary/aromatic N) is 2. The summed E-state index contributed by atoms with van der Waals surface area (Å²) in [5.74, 6) is 0.825. The van der Waals surface area contributed by atoms with Gasteiger partial charge in [0, 0.05) is 19.5 Å². The van der Waals surface area contributed by atoms with Crippen LogP contribution in [0.15, 0.2) is 54.6 Å². The Hall–Kier alpha value is -2.64. The van der Waals surface area contributed by atoms with Crippen LogP contribution < -0.4 is 10.0 Å². The largest absolute Gasteiger partial charge is 0.363 e. The van der Waals surface area contributed by atoms with Crippen molar-refractivity contribution in [1.29, 1.82) is 0 Å². The summed E-state index contributed by atoms with van der Waals surface area (Å²) < 4.78 is 27.6. The minimum absolute atomic E-state index is 0.275. The first-order valence-electron chi connectivity index (χ1n) is 8.88. The molecule has 1 heterocycles. The molecule has 1 aliphatic carbocycles. The summed E-state index contributed by atoms with van der Waals surface area (Å²) in [7, 11) is -0.541. The molecular formula is C20H22N4O2S. The molecule has 1 aliphatic rings. The average molecular weight is 382 g/mol. The van der Waals surface area contributed by atoms with E-state index in [-0.39, 0.29) is 6.04 Å². The summed E-state index contributed by atoms with van der Waals surface area (Å²) in [6.07, 6.45) is 2.14. The molecule has 0 fully saturated rings. The Kier molecular flexibility index (Phi) is 4.49. The van der Waals surface area contributed by atoms with E-state index in [1.165, 1.54) is 25.2 Å². The van der Waals surface area contributed by atoms with E-state index in [1.54, 1.807) is 12.1 Å². The van der Waals surface area contributed by atoms with Crippen molar-refractivity contribution >= 4 is 32.6 Å². The molecule has 4 rings (SSSR count). The fourth-order valence-electron chi connectivity index (χ4n) is 3.40. The highest BCUT2D eigenvalue weighted by atomic mass is 32.2. The lowest BCUT2D eigenvalue weighted by Gasteiger charge is -2.16. The van der Waals surface area contributed by atoms with E-state index in [1.807, 2.05) is 18.2 Å². The highest BCUT2D eigenvalue weighted by Gasteiger charge is 2.22. The van der Waals surface area contributed by atoms with Crippen molar-refractivity contribution in [2.75, 3.05) is 24.1 Å². The van der Waals surface area contributed by atoms with Gasteiger partial charge in [0.05, 0.1) is 17.2 Å². The van der Waals surface area contributed by atoms with Gasteiger partial charge in [-0.05, 0) is 54.3 Å². The topological polar surface area (TPSA) is 74.3 Å². The van der Waals surface area contributed by atoms with E-state index in [0.29, 0.717) is 5.69 Å². The molecule has 3 aromatic rings. The average Bonchev–Trinajstić information content (AvgIpc) is 3.04. The molecule has 6 nitrogen and oxygen atoms in total. The van der Waals surface area contributed by atoms with Crippen molar-refractivity contribution in [2.24, 2.45) is 0 Å². The molecule has 0 saturated heterocycles. The quantitative estimate of drug-likeness (QED) is 0.708. The number of benzene rings is 2. The van der Waals surface area contributed by atoms with E-state index in [2.05, 4.69) is 39.3 Å². The first kappa shape index (κ1) is 17.8. The highest BCUT2D eigenvalue weighted by molar-refractivity contribution is 7.90. The zero-order valence-corrected chi connectivity index (χ0v) is 16.1. The molecule has 0 bridgehead atoms. The third kappa shape index (κ3) is 3.61. The summed E-state index contributed by atoms with van der Waals surface area (Å²) in [5.41, 5.74) is 4.07. The third-order valence-electron chi connectivity index (χ3n) is 4.87. The van der Waals surface area contributed by atoms with Crippen molar-refractivity contribution in [3.8, 4) is 0 Å². The Morgan fingerprint density at radius 1 is 1.07 bits per heavy atom. The van der Waals surface area contributed by atoms with E-state index in [0.717, 1.165) is 33.9 Å². The molecule has 0 amide bonds. The van der Waals surface area contributed by atoms with E-state index < -0.39 is 10.2 Å². The van der Waals surface area contributed by atoms with Crippen LogP contribution >= 0.6 is 0 Å². The predicted octanol–water partition coefficient (Wildman–Crippen LogP) is 3.55. The van der Waals surface area contributed by atoms with Crippen LogP contribution in [0.5, 0.6) is 0 Å². The molecule has 140 valence electrons. The smallest absolute Gasteiger partial charge is 0.301 e. The second-order valence-electron chi connectivity index (χ2n) is 6.93. The zero-order valence-electron chi connectivity index (χ0n) is 15.3. The number of aromatic nitrogens is 1. The molecular weight excluding hydrogens is 360 g/mol. The van der Waals surface area contributed by atoms with Gasteiger partial charge >= 0.3 is 10.2 Å². The SMILES string of the molecule is CN(C)S(=O)(=O)Nc1ccc2nc(N[C@@H]3CCc4ccccc43)ccc2c1. The highest BCUT2D eigenvalue weighted by Crippen LogP contribution is 2.33. The molecule has 2 aromatic carbocycles. The van der Waals surface area contributed by atoms with Gasteiger partial charge in [-0.2, -0.15) is 12.7 Å². The molecule has 0 aliphatic heterocycles. The van der Waals surface area contributed by atoms with E-state index >= 15 is 0 Å². The van der Waals surface area contributed by atoms with E-state index in [4.69, 9.17) is 0 Å². The number of hydrogen-bond acceptors (Lipinski definition) is 4. The number of fused-ring (bicyclic) bond motifs is 2. The molecule has 0 spiro atoms. The second kappa shape index (κ2) is 6.83. The number of nitrogens with one attached hydrogen (secondary N) is 2. The maximum absolute atomic E-state index is 12.0. The summed E-state index contributed by atoms with van der Waals surface area (Å²) >= 11 is 0. The molecule has 0 radical (unpaired) electrons. The van der Waals surface area contributed by atoms with Crippen molar-refractivity contribution in [2.45, 2.75) is 18.9 Å². The van der Waals surface area contributed by atoms with Crippen LogP contribution in [-0.2, 0) is 16.6 Å². The first-order valence-corrected chi connectivity index (χ1v) is 10.3. The second-order valence-corrected chi connectivity index (χ2v) is 8.81. The Labute approximate surface area is 159 Å². The van der Waals surface area contributed by atoms with Gasteiger partial charge in [-0.3, -0.25) is 4.72 Å².